The third-order valence-corrected chi connectivity index (χ3v) is 2.75. The van der Waals surface area contributed by atoms with E-state index in [9.17, 15) is 14.5 Å². The van der Waals surface area contributed by atoms with E-state index in [0.29, 0.717) is 6.54 Å². The number of hydrogen-bond acceptors (Lipinski definition) is 5. The number of nitrogen functional groups attached to an aromatic ring is 1. The van der Waals surface area contributed by atoms with E-state index < -0.39 is 22.1 Å². The van der Waals surface area contributed by atoms with Crippen LogP contribution in [-0.2, 0) is 0 Å². The van der Waals surface area contributed by atoms with Crippen LogP contribution in [0.15, 0.2) is 10.5 Å². The second-order valence-electron chi connectivity index (χ2n) is 3.84. The number of nitro groups is 1. The molecule has 114 valence electrons. The standard InChI is InChI=1S/C10H13BrFN3O3.C2H6/c1-14(2)3-4-18-7-5-6(11)8(12)9(13)10(7)15(16)17;1-2/h5H,3-4,13H2,1-2H3;1-2H3. The molecule has 0 unspecified atom stereocenters. The number of likely N-dealkylation sites (N-methyl/N-ethyl adjacent to an activating group) is 1. The van der Waals surface area contributed by atoms with E-state index in [1.807, 2.05) is 32.8 Å². The number of benzene rings is 1. The van der Waals surface area contributed by atoms with Crippen molar-refractivity contribution < 1.29 is 14.1 Å². The molecule has 0 atom stereocenters. The van der Waals surface area contributed by atoms with Gasteiger partial charge in [-0.15, -0.1) is 0 Å². The molecule has 6 nitrogen and oxygen atoms in total. The van der Waals surface area contributed by atoms with Crippen molar-refractivity contribution in [2.24, 2.45) is 0 Å². The van der Waals surface area contributed by atoms with Gasteiger partial charge in [0.2, 0.25) is 5.75 Å². The maximum Gasteiger partial charge on any atom is 0.336 e. The summed E-state index contributed by atoms with van der Waals surface area (Å²) in [5.74, 6) is -0.908. The minimum atomic E-state index is -0.860. The molecule has 0 saturated carbocycles. The number of nitro benzene ring substituents is 1. The summed E-state index contributed by atoms with van der Waals surface area (Å²) in [4.78, 5) is 12.0. The monoisotopic (exact) mass is 351 g/mol. The SMILES string of the molecule is CC.CN(C)CCOc1cc(Br)c(F)c(N)c1[N+](=O)[O-]. The number of ether oxygens (including phenoxy) is 1. The molecule has 1 rings (SSSR count). The van der Waals surface area contributed by atoms with Gasteiger partial charge in [0.15, 0.2) is 11.5 Å². The number of hydrogen-bond donors (Lipinski definition) is 1. The molecule has 0 amide bonds. The molecule has 0 aliphatic heterocycles. The van der Waals surface area contributed by atoms with Crippen molar-refractivity contribution in [3.05, 3.63) is 26.5 Å². The van der Waals surface area contributed by atoms with Crippen molar-refractivity contribution in [3.8, 4) is 5.75 Å². The first-order chi connectivity index (χ1) is 9.34. The van der Waals surface area contributed by atoms with Crippen molar-refractivity contribution in [1.82, 2.24) is 4.90 Å². The number of halogens is 2. The van der Waals surface area contributed by atoms with Crippen LogP contribution >= 0.6 is 15.9 Å². The predicted molar refractivity (Wildman–Crippen MR) is 80.6 cm³/mol. The molecule has 0 bridgehead atoms. The number of rotatable bonds is 5. The predicted octanol–water partition coefficient (Wildman–Crippen LogP) is 3.05. The molecule has 0 aliphatic carbocycles. The number of anilines is 1. The highest BCUT2D eigenvalue weighted by Gasteiger charge is 2.25. The third-order valence-electron chi connectivity index (χ3n) is 2.17. The van der Waals surface area contributed by atoms with Crippen LogP contribution in [0.3, 0.4) is 0 Å². The highest BCUT2D eigenvalue weighted by molar-refractivity contribution is 9.10. The fourth-order valence-electron chi connectivity index (χ4n) is 1.25. The van der Waals surface area contributed by atoms with Crippen LogP contribution in [0.5, 0.6) is 5.75 Å². The highest BCUT2D eigenvalue weighted by atomic mass is 79.9. The van der Waals surface area contributed by atoms with Gasteiger partial charge in [-0.05, 0) is 30.0 Å². The molecule has 1 aromatic rings. The van der Waals surface area contributed by atoms with Gasteiger partial charge >= 0.3 is 5.69 Å². The van der Waals surface area contributed by atoms with E-state index in [0.717, 1.165) is 0 Å². The molecule has 20 heavy (non-hydrogen) atoms. The van der Waals surface area contributed by atoms with Gasteiger partial charge in [-0.1, -0.05) is 13.8 Å². The Labute approximate surface area is 126 Å². The van der Waals surface area contributed by atoms with Crippen molar-refractivity contribution in [3.63, 3.8) is 0 Å². The van der Waals surface area contributed by atoms with Gasteiger partial charge in [0.1, 0.15) is 6.61 Å². The van der Waals surface area contributed by atoms with Crippen molar-refractivity contribution >= 4 is 27.3 Å². The van der Waals surface area contributed by atoms with Crippen LogP contribution < -0.4 is 10.5 Å². The van der Waals surface area contributed by atoms with Crippen molar-refractivity contribution in [1.29, 1.82) is 0 Å². The first-order valence-corrected chi connectivity index (χ1v) is 6.83. The van der Waals surface area contributed by atoms with Crippen molar-refractivity contribution in [2.75, 3.05) is 33.0 Å². The summed E-state index contributed by atoms with van der Waals surface area (Å²) >= 11 is 2.93. The van der Waals surface area contributed by atoms with E-state index in [2.05, 4.69) is 15.9 Å². The van der Waals surface area contributed by atoms with Gasteiger partial charge in [-0.2, -0.15) is 0 Å². The molecule has 0 heterocycles. The maximum absolute atomic E-state index is 13.4. The van der Waals surface area contributed by atoms with E-state index >= 15 is 0 Å². The molecule has 0 fully saturated rings. The second-order valence-corrected chi connectivity index (χ2v) is 4.70. The second kappa shape index (κ2) is 8.70. The summed E-state index contributed by atoms with van der Waals surface area (Å²) in [6, 6.07) is 1.21. The van der Waals surface area contributed by atoms with E-state index in [1.165, 1.54) is 6.07 Å². The van der Waals surface area contributed by atoms with Crippen LogP contribution in [0.4, 0.5) is 15.8 Å². The highest BCUT2D eigenvalue weighted by Crippen LogP contribution is 2.38. The Balaban J connectivity index is 0.00000172. The topological polar surface area (TPSA) is 81.6 Å². The molecule has 0 saturated heterocycles. The smallest absolute Gasteiger partial charge is 0.336 e. The maximum atomic E-state index is 13.4. The van der Waals surface area contributed by atoms with E-state index in [1.54, 1.807) is 0 Å². The minimum absolute atomic E-state index is 0.0328. The van der Waals surface area contributed by atoms with Gasteiger partial charge in [0.05, 0.1) is 9.40 Å². The van der Waals surface area contributed by atoms with Gasteiger partial charge < -0.3 is 15.4 Å². The fourth-order valence-corrected chi connectivity index (χ4v) is 1.67. The molecular weight excluding hydrogens is 333 g/mol. The fraction of sp³-hybridized carbons (Fsp3) is 0.500. The Bertz CT molecular complexity index is 470. The summed E-state index contributed by atoms with van der Waals surface area (Å²) in [7, 11) is 3.68. The zero-order valence-electron chi connectivity index (χ0n) is 11.9. The lowest BCUT2D eigenvalue weighted by Crippen LogP contribution is -2.19. The average Bonchev–Trinajstić information content (AvgIpc) is 2.37. The van der Waals surface area contributed by atoms with Crippen LogP contribution in [0.25, 0.3) is 0 Å². The number of nitrogens with two attached hydrogens (primary N) is 1. The lowest BCUT2D eigenvalue weighted by Gasteiger charge is -2.12. The molecule has 0 radical (unpaired) electrons. The molecule has 0 aromatic heterocycles. The lowest BCUT2D eigenvalue weighted by molar-refractivity contribution is -0.385. The lowest BCUT2D eigenvalue weighted by atomic mass is 10.2. The first kappa shape index (κ1) is 18.6. The average molecular weight is 352 g/mol. The Morgan fingerprint density at radius 1 is 1.50 bits per heavy atom. The van der Waals surface area contributed by atoms with Crippen molar-refractivity contribution in [2.45, 2.75) is 13.8 Å². The summed E-state index contributed by atoms with van der Waals surface area (Å²) in [6.07, 6.45) is 0. The molecule has 1 aromatic carbocycles. The van der Waals surface area contributed by atoms with E-state index in [4.69, 9.17) is 10.5 Å². The van der Waals surface area contributed by atoms with Crippen LogP contribution in [0, 0.1) is 15.9 Å². The summed E-state index contributed by atoms with van der Waals surface area (Å²) < 4.78 is 18.7. The Hall–Kier alpha value is -1.41. The summed E-state index contributed by atoms with van der Waals surface area (Å²) in [5.41, 5.74) is 4.30. The van der Waals surface area contributed by atoms with Gasteiger partial charge in [-0.3, -0.25) is 10.1 Å². The minimum Gasteiger partial charge on any atom is -0.485 e. The Morgan fingerprint density at radius 3 is 2.50 bits per heavy atom. The Kier molecular flexibility index (Phi) is 8.09. The largest absolute Gasteiger partial charge is 0.485 e. The quantitative estimate of drug-likeness (QED) is 0.500. The first-order valence-electron chi connectivity index (χ1n) is 6.04. The zero-order valence-corrected chi connectivity index (χ0v) is 13.5. The molecule has 0 aliphatic rings. The van der Waals surface area contributed by atoms with Crippen LogP contribution in [0.2, 0.25) is 0 Å². The van der Waals surface area contributed by atoms with Crippen LogP contribution in [0.1, 0.15) is 13.8 Å². The molecule has 0 spiro atoms. The van der Waals surface area contributed by atoms with Crippen LogP contribution in [-0.4, -0.2) is 37.1 Å². The summed E-state index contributed by atoms with van der Waals surface area (Å²) in [6.45, 7) is 4.82. The number of nitrogens with zero attached hydrogens (tertiary/aromatic N) is 2. The molecule has 8 heteroatoms. The molecular formula is C12H19BrFN3O3. The zero-order chi connectivity index (χ0) is 15.9. The van der Waals surface area contributed by atoms with Gasteiger partial charge in [-0.25, -0.2) is 4.39 Å². The third kappa shape index (κ3) is 4.93. The van der Waals surface area contributed by atoms with Gasteiger partial charge in [0.25, 0.3) is 0 Å². The van der Waals surface area contributed by atoms with Gasteiger partial charge in [0, 0.05) is 12.6 Å². The van der Waals surface area contributed by atoms with E-state index in [-0.39, 0.29) is 16.8 Å². The normalized spacial score (nSPS) is 9.95. The summed E-state index contributed by atoms with van der Waals surface area (Å²) in [5, 5.41) is 10.9. The molecule has 2 N–H and O–H groups in total. The Morgan fingerprint density at radius 2 is 2.05 bits per heavy atom.